The van der Waals surface area contributed by atoms with E-state index in [4.69, 9.17) is 25.8 Å². The van der Waals surface area contributed by atoms with Crippen LogP contribution in [0.25, 0.3) is 0 Å². The summed E-state index contributed by atoms with van der Waals surface area (Å²) in [6.07, 6.45) is 2.45. The molecule has 0 bridgehead atoms. The number of phenols is 1. The first-order valence-corrected chi connectivity index (χ1v) is 7.88. The van der Waals surface area contributed by atoms with Crippen LogP contribution < -0.4 is 14.2 Å². The first kappa shape index (κ1) is 17.9. The van der Waals surface area contributed by atoms with Gasteiger partial charge in [-0.15, -0.1) is 0 Å². The Bertz CT molecular complexity index is 731. The van der Waals surface area contributed by atoms with Gasteiger partial charge in [-0.3, -0.25) is 4.99 Å². The first-order chi connectivity index (χ1) is 11.6. The Morgan fingerprint density at radius 3 is 2.50 bits per heavy atom. The van der Waals surface area contributed by atoms with Gasteiger partial charge >= 0.3 is 0 Å². The van der Waals surface area contributed by atoms with Crippen LogP contribution in [0, 0.1) is 0 Å². The Morgan fingerprint density at radius 1 is 1.12 bits per heavy atom. The van der Waals surface area contributed by atoms with Gasteiger partial charge in [0.2, 0.25) is 0 Å². The van der Waals surface area contributed by atoms with Crippen molar-refractivity contribution in [3.05, 3.63) is 40.9 Å². The number of hydrogen-bond donors (Lipinski definition) is 1. The van der Waals surface area contributed by atoms with Crippen LogP contribution in [0.15, 0.2) is 35.3 Å². The lowest BCUT2D eigenvalue weighted by Gasteiger charge is -2.09. The number of aromatic hydroxyl groups is 1. The molecular formula is C18H20ClNO4. The second-order valence-corrected chi connectivity index (χ2v) is 5.39. The second-order valence-electron chi connectivity index (χ2n) is 4.99. The number of benzene rings is 2. The lowest BCUT2D eigenvalue weighted by molar-refractivity contribution is 0.315. The van der Waals surface area contributed by atoms with E-state index in [1.54, 1.807) is 43.7 Å². The molecule has 1 N–H and O–H groups in total. The molecule has 5 nitrogen and oxygen atoms in total. The van der Waals surface area contributed by atoms with Crippen molar-refractivity contribution in [3.63, 3.8) is 0 Å². The predicted octanol–water partition coefficient (Wildman–Crippen LogP) is 4.60. The zero-order valence-corrected chi connectivity index (χ0v) is 14.6. The molecule has 0 aliphatic rings. The molecule has 0 aromatic heterocycles. The van der Waals surface area contributed by atoms with Gasteiger partial charge in [0.05, 0.1) is 25.8 Å². The van der Waals surface area contributed by atoms with Crippen LogP contribution in [0.2, 0.25) is 5.02 Å². The highest BCUT2D eigenvalue weighted by Gasteiger charge is 2.09. The molecule has 0 aliphatic carbocycles. The van der Waals surface area contributed by atoms with Crippen molar-refractivity contribution in [3.8, 4) is 23.0 Å². The number of methoxy groups -OCH3 is 2. The van der Waals surface area contributed by atoms with Crippen LogP contribution in [0.1, 0.15) is 18.9 Å². The quantitative estimate of drug-likeness (QED) is 0.742. The van der Waals surface area contributed by atoms with Crippen molar-refractivity contribution in [1.82, 2.24) is 0 Å². The Hall–Kier alpha value is -2.40. The molecule has 128 valence electrons. The molecule has 24 heavy (non-hydrogen) atoms. The van der Waals surface area contributed by atoms with Crippen molar-refractivity contribution < 1.29 is 19.3 Å². The fraction of sp³-hybridized carbons (Fsp3) is 0.278. The Balaban J connectivity index is 2.26. The highest BCUT2D eigenvalue weighted by Crippen LogP contribution is 2.37. The average Bonchev–Trinajstić information content (AvgIpc) is 2.59. The van der Waals surface area contributed by atoms with Gasteiger partial charge in [0.15, 0.2) is 0 Å². The Labute approximate surface area is 146 Å². The smallest absolute Gasteiger partial charge is 0.148 e. The first-order valence-electron chi connectivity index (χ1n) is 7.50. The van der Waals surface area contributed by atoms with Crippen molar-refractivity contribution in [2.45, 2.75) is 13.3 Å². The summed E-state index contributed by atoms with van der Waals surface area (Å²) in [5.41, 5.74) is 1.10. The topological polar surface area (TPSA) is 60.3 Å². The van der Waals surface area contributed by atoms with Crippen LogP contribution in [-0.2, 0) is 0 Å². The standard InChI is InChI=1S/C18H20ClNO4/c1-4-7-24-13-6-5-12(16(21)8-13)11-20-15-9-14(19)17(22-2)10-18(15)23-3/h5-6,8-11,21H,4,7H2,1-3H3. The van der Waals surface area contributed by atoms with Gasteiger partial charge in [0.1, 0.15) is 28.7 Å². The van der Waals surface area contributed by atoms with Gasteiger partial charge in [-0.1, -0.05) is 18.5 Å². The van der Waals surface area contributed by atoms with Crippen LogP contribution in [0.5, 0.6) is 23.0 Å². The average molecular weight is 350 g/mol. The van der Waals surface area contributed by atoms with Crippen molar-refractivity contribution in [2.75, 3.05) is 20.8 Å². The number of rotatable bonds is 7. The summed E-state index contributed by atoms with van der Waals surface area (Å²) in [6.45, 7) is 2.63. The fourth-order valence-corrected chi connectivity index (χ4v) is 2.26. The second kappa shape index (κ2) is 8.45. The molecule has 2 rings (SSSR count). The highest BCUT2D eigenvalue weighted by molar-refractivity contribution is 6.32. The minimum absolute atomic E-state index is 0.0888. The van der Waals surface area contributed by atoms with Crippen LogP contribution >= 0.6 is 11.6 Å². The lowest BCUT2D eigenvalue weighted by atomic mass is 10.2. The summed E-state index contributed by atoms with van der Waals surface area (Å²) in [6, 6.07) is 8.40. The van der Waals surface area contributed by atoms with Crippen LogP contribution in [-0.4, -0.2) is 32.1 Å². The van der Waals surface area contributed by atoms with E-state index < -0.39 is 0 Å². The Morgan fingerprint density at radius 2 is 1.88 bits per heavy atom. The minimum atomic E-state index is 0.0888. The van der Waals surface area contributed by atoms with Crippen LogP contribution in [0.3, 0.4) is 0 Å². The SMILES string of the molecule is CCCOc1ccc(C=Nc2cc(Cl)c(OC)cc2OC)c(O)c1. The summed E-state index contributed by atoms with van der Waals surface area (Å²) in [5, 5.41) is 10.5. The molecule has 0 spiro atoms. The molecule has 2 aromatic carbocycles. The third kappa shape index (κ3) is 4.32. The molecular weight excluding hydrogens is 330 g/mol. The van der Waals surface area contributed by atoms with Gasteiger partial charge < -0.3 is 19.3 Å². The molecule has 0 heterocycles. The largest absolute Gasteiger partial charge is 0.507 e. The maximum atomic E-state index is 10.1. The Kier molecular flexibility index (Phi) is 6.32. The zero-order valence-electron chi connectivity index (χ0n) is 13.9. The van der Waals surface area contributed by atoms with E-state index in [2.05, 4.69) is 4.99 Å². The molecule has 0 saturated heterocycles. The van der Waals surface area contributed by atoms with Crippen molar-refractivity contribution in [2.24, 2.45) is 4.99 Å². The van der Waals surface area contributed by atoms with Gasteiger partial charge in [-0.2, -0.15) is 0 Å². The van der Waals surface area contributed by atoms with E-state index in [1.165, 1.54) is 7.11 Å². The van der Waals surface area contributed by atoms with E-state index in [-0.39, 0.29) is 5.75 Å². The summed E-state index contributed by atoms with van der Waals surface area (Å²) in [5.74, 6) is 1.74. The van der Waals surface area contributed by atoms with E-state index in [0.717, 1.165) is 6.42 Å². The van der Waals surface area contributed by atoms with Gasteiger partial charge in [-0.05, 0) is 24.6 Å². The molecule has 6 heteroatoms. The number of aliphatic imine (C=N–C) groups is 1. The third-order valence-electron chi connectivity index (χ3n) is 3.27. The lowest BCUT2D eigenvalue weighted by Crippen LogP contribution is -1.95. The van der Waals surface area contributed by atoms with E-state index in [9.17, 15) is 5.11 Å². The maximum Gasteiger partial charge on any atom is 0.148 e. The fourth-order valence-electron chi connectivity index (χ4n) is 2.03. The number of ether oxygens (including phenoxy) is 3. The summed E-state index contributed by atoms with van der Waals surface area (Å²) in [4.78, 5) is 4.35. The van der Waals surface area contributed by atoms with Gasteiger partial charge in [0.25, 0.3) is 0 Å². The predicted molar refractivity (Wildman–Crippen MR) is 95.7 cm³/mol. The molecule has 0 saturated carbocycles. The number of halogens is 1. The third-order valence-corrected chi connectivity index (χ3v) is 3.57. The van der Waals surface area contributed by atoms with Gasteiger partial charge in [-0.25, -0.2) is 0 Å². The normalized spacial score (nSPS) is 10.8. The molecule has 0 atom stereocenters. The number of phenolic OH excluding ortho intramolecular Hbond substituents is 1. The van der Waals surface area contributed by atoms with E-state index >= 15 is 0 Å². The monoisotopic (exact) mass is 349 g/mol. The molecule has 0 unspecified atom stereocenters. The van der Waals surface area contributed by atoms with Crippen molar-refractivity contribution in [1.29, 1.82) is 0 Å². The molecule has 0 fully saturated rings. The minimum Gasteiger partial charge on any atom is -0.507 e. The molecule has 0 amide bonds. The molecule has 0 aliphatic heterocycles. The summed E-state index contributed by atoms with van der Waals surface area (Å²) in [7, 11) is 3.07. The van der Waals surface area contributed by atoms with E-state index in [0.29, 0.717) is 40.1 Å². The summed E-state index contributed by atoms with van der Waals surface area (Å²) >= 11 is 6.12. The molecule has 0 radical (unpaired) electrons. The maximum absolute atomic E-state index is 10.1. The number of nitrogens with zero attached hydrogens (tertiary/aromatic N) is 1. The highest BCUT2D eigenvalue weighted by atomic mass is 35.5. The van der Waals surface area contributed by atoms with Crippen molar-refractivity contribution >= 4 is 23.5 Å². The van der Waals surface area contributed by atoms with Gasteiger partial charge in [0, 0.05) is 23.9 Å². The van der Waals surface area contributed by atoms with Crippen LogP contribution in [0.4, 0.5) is 5.69 Å². The summed E-state index contributed by atoms with van der Waals surface area (Å²) < 4.78 is 15.9. The number of hydrogen-bond acceptors (Lipinski definition) is 5. The molecule has 2 aromatic rings. The van der Waals surface area contributed by atoms with E-state index in [1.807, 2.05) is 6.92 Å². The zero-order chi connectivity index (χ0) is 17.5.